The number of likely N-dealkylation sites (N-methyl/N-ethyl adjacent to an activating group) is 1. The summed E-state index contributed by atoms with van der Waals surface area (Å²) < 4.78 is 0. The van der Waals surface area contributed by atoms with E-state index in [2.05, 4.69) is 24.1 Å². The molecule has 94 valence electrons. The van der Waals surface area contributed by atoms with Crippen LogP contribution in [0.15, 0.2) is 0 Å². The Labute approximate surface area is 98.6 Å². The highest BCUT2D eigenvalue weighted by molar-refractivity contribution is 5.77. The van der Waals surface area contributed by atoms with Crippen molar-refractivity contribution in [3.05, 3.63) is 0 Å². The Morgan fingerprint density at radius 1 is 1.50 bits per heavy atom. The van der Waals surface area contributed by atoms with Crippen LogP contribution in [0.1, 0.15) is 39.5 Å². The Morgan fingerprint density at radius 2 is 2.19 bits per heavy atom. The van der Waals surface area contributed by atoms with Crippen LogP contribution in [0, 0.1) is 0 Å². The van der Waals surface area contributed by atoms with E-state index in [4.69, 9.17) is 5.73 Å². The molecule has 0 radical (unpaired) electrons. The number of hydrogen-bond acceptors (Lipinski definition) is 3. The zero-order chi connectivity index (χ0) is 12.0. The van der Waals surface area contributed by atoms with Gasteiger partial charge in [-0.3, -0.25) is 9.69 Å². The van der Waals surface area contributed by atoms with E-state index in [1.54, 1.807) is 0 Å². The molecule has 0 saturated heterocycles. The second-order valence-corrected chi connectivity index (χ2v) is 4.56. The van der Waals surface area contributed by atoms with Crippen molar-refractivity contribution in [2.24, 2.45) is 5.73 Å². The Hall–Kier alpha value is -0.610. The molecule has 0 heterocycles. The van der Waals surface area contributed by atoms with Gasteiger partial charge in [0, 0.05) is 25.0 Å². The van der Waals surface area contributed by atoms with Crippen molar-refractivity contribution >= 4 is 5.91 Å². The van der Waals surface area contributed by atoms with E-state index in [0.29, 0.717) is 19.0 Å². The summed E-state index contributed by atoms with van der Waals surface area (Å²) in [5.41, 5.74) is 5.75. The minimum absolute atomic E-state index is 0.160. The third-order valence-corrected chi connectivity index (χ3v) is 3.07. The fourth-order valence-corrected chi connectivity index (χ4v) is 1.98. The average Bonchev–Trinajstić information content (AvgIpc) is 3.06. The molecule has 1 atom stereocenters. The highest BCUT2D eigenvalue weighted by Gasteiger charge is 2.25. The first-order chi connectivity index (χ1) is 7.71. The van der Waals surface area contributed by atoms with Gasteiger partial charge in [-0.25, -0.2) is 0 Å². The molecule has 3 N–H and O–H groups in total. The van der Waals surface area contributed by atoms with E-state index >= 15 is 0 Å². The van der Waals surface area contributed by atoms with E-state index in [0.717, 1.165) is 32.4 Å². The summed E-state index contributed by atoms with van der Waals surface area (Å²) >= 11 is 0. The fraction of sp³-hybridized carbons (Fsp3) is 0.917. The molecule has 0 aromatic rings. The van der Waals surface area contributed by atoms with Gasteiger partial charge in [0.2, 0.25) is 5.91 Å². The number of nitrogens with two attached hydrogens (primary N) is 1. The van der Waals surface area contributed by atoms with Crippen molar-refractivity contribution in [1.82, 2.24) is 10.2 Å². The number of hydrogen-bond donors (Lipinski definition) is 2. The van der Waals surface area contributed by atoms with Gasteiger partial charge >= 0.3 is 0 Å². The maximum absolute atomic E-state index is 11.7. The van der Waals surface area contributed by atoms with Crippen molar-refractivity contribution in [3.8, 4) is 0 Å². The molecular formula is C12H25N3O. The Balaban J connectivity index is 2.34. The average molecular weight is 227 g/mol. The standard InChI is InChI=1S/C12H25N3O/c1-3-7-15(4-2)11(9-13)8-12(16)14-10-5-6-10/h10-11H,3-9,13H2,1-2H3,(H,14,16). The highest BCUT2D eigenvalue weighted by Crippen LogP contribution is 2.19. The van der Waals surface area contributed by atoms with Gasteiger partial charge < -0.3 is 11.1 Å². The Kier molecular flexibility index (Phi) is 5.77. The van der Waals surface area contributed by atoms with Gasteiger partial charge in [0.25, 0.3) is 0 Å². The number of nitrogens with one attached hydrogen (secondary N) is 1. The van der Waals surface area contributed by atoms with Gasteiger partial charge in [0.15, 0.2) is 0 Å². The van der Waals surface area contributed by atoms with Crippen LogP contribution in [0.4, 0.5) is 0 Å². The van der Waals surface area contributed by atoms with Crippen LogP contribution in [0.5, 0.6) is 0 Å². The molecule has 16 heavy (non-hydrogen) atoms. The minimum Gasteiger partial charge on any atom is -0.353 e. The predicted molar refractivity (Wildman–Crippen MR) is 66.2 cm³/mol. The maximum Gasteiger partial charge on any atom is 0.221 e. The SMILES string of the molecule is CCCN(CC)C(CN)CC(=O)NC1CC1. The molecule has 1 aliphatic rings. The molecule has 1 aliphatic carbocycles. The zero-order valence-corrected chi connectivity index (χ0v) is 10.5. The normalized spacial score (nSPS) is 17.5. The summed E-state index contributed by atoms with van der Waals surface area (Å²) in [5.74, 6) is 0.160. The van der Waals surface area contributed by atoms with Crippen molar-refractivity contribution < 1.29 is 4.79 Å². The van der Waals surface area contributed by atoms with Gasteiger partial charge in [-0.05, 0) is 32.4 Å². The van der Waals surface area contributed by atoms with Crippen LogP contribution in [-0.2, 0) is 4.79 Å². The lowest BCUT2D eigenvalue weighted by molar-refractivity contribution is -0.122. The first-order valence-electron chi connectivity index (χ1n) is 6.44. The molecule has 1 saturated carbocycles. The summed E-state index contributed by atoms with van der Waals surface area (Å²) in [6, 6.07) is 0.649. The van der Waals surface area contributed by atoms with Gasteiger partial charge in [-0.15, -0.1) is 0 Å². The molecule has 1 fully saturated rings. The van der Waals surface area contributed by atoms with Gasteiger partial charge in [-0.2, -0.15) is 0 Å². The molecule has 1 rings (SSSR count). The topological polar surface area (TPSA) is 58.4 Å². The van der Waals surface area contributed by atoms with Crippen LogP contribution in [0.25, 0.3) is 0 Å². The molecule has 4 nitrogen and oxygen atoms in total. The fourth-order valence-electron chi connectivity index (χ4n) is 1.98. The van der Waals surface area contributed by atoms with Gasteiger partial charge in [0.05, 0.1) is 0 Å². The lowest BCUT2D eigenvalue weighted by Crippen LogP contribution is -2.44. The van der Waals surface area contributed by atoms with Crippen molar-refractivity contribution in [2.75, 3.05) is 19.6 Å². The Morgan fingerprint density at radius 3 is 2.62 bits per heavy atom. The molecule has 0 spiro atoms. The number of carbonyl (C=O) groups excluding carboxylic acids is 1. The molecule has 1 unspecified atom stereocenters. The second kappa shape index (κ2) is 6.86. The van der Waals surface area contributed by atoms with Crippen molar-refractivity contribution in [3.63, 3.8) is 0 Å². The molecule has 0 bridgehead atoms. The van der Waals surface area contributed by atoms with Crippen LogP contribution in [0.3, 0.4) is 0 Å². The van der Waals surface area contributed by atoms with Crippen LogP contribution in [0.2, 0.25) is 0 Å². The van der Waals surface area contributed by atoms with E-state index in [1.807, 2.05) is 0 Å². The lowest BCUT2D eigenvalue weighted by Gasteiger charge is -2.29. The molecule has 0 aliphatic heterocycles. The third kappa shape index (κ3) is 4.49. The summed E-state index contributed by atoms with van der Waals surface area (Å²) in [6.45, 7) is 6.82. The van der Waals surface area contributed by atoms with Crippen LogP contribution < -0.4 is 11.1 Å². The van der Waals surface area contributed by atoms with E-state index in [1.165, 1.54) is 0 Å². The minimum atomic E-state index is 0.160. The van der Waals surface area contributed by atoms with E-state index in [-0.39, 0.29) is 11.9 Å². The molecular weight excluding hydrogens is 202 g/mol. The van der Waals surface area contributed by atoms with Crippen molar-refractivity contribution in [1.29, 1.82) is 0 Å². The summed E-state index contributed by atoms with van der Waals surface area (Å²) in [7, 11) is 0. The summed E-state index contributed by atoms with van der Waals surface area (Å²) in [4.78, 5) is 14.0. The Bertz CT molecular complexity index is 216. The molecule has 1 amide bonds. The quantitative estimate of drug-likeness (QED) is 0.642. The highest BCUT2D eigenvalue weighted by atomic mass is 16.1. The molecule has 0 aromatic heterocycles. The number of amides is 1. The zero-order valence-electron chi connectivity index (χ0n) is 10.5. The van der Waals surface area contributed by atoms with Crippen molar-refractivity contribution in [2.45, 2.75) is 51.6 Å². The predicted octanol–water partition coefficient (Wildman–Crippen LogP) is 0.714. The smallest absolute Gasteiger partial charge is 0.221 e. The van der Waals surface area contributed by atoms with Gasteiger partial charge in [-0.1, -0.05) is 13.8 Å². The van der Waals surface area contributed by atoms with Gasteiger partial charge in [0.1, 0.15) is 0 Å². The first kappa shape index (κ1) is 13.5. The summed E-state index contributed by atoms with van der Waals surface area (Å²) in [6.07, 6.45) is 3.94. The summed E-state index contributed by atoms with van der Waals surface area (Å²) in [5, 5.41) is 3.02. The molecule has 0 aromatic carbocycles. The maximum atomic E-state index is 11.7. The largest absolute Gasteiger partial charge is 0.353 e. The molecule has 4 heteroatoms. The number of nitrogens with zero attached hydrogens (tertiary/aromatic N) is 1. The lowest BCUT2D eigenvalue weighted by atomic mass is 10.1. The van der Waals surface area contributed by atoms with Crippen LogP contribution >= 0.6 is 0 Å². The van der Waals surface area contributed by atoms with E-state index in [9.17, 15) is 4.79 Å². The second-order valence-electron chi connectivity index (χ2n) is 4.56. The number of rotatable bonds is 8. The number of carbonyl (C=O) groups is 1. The third-order valence-electron chi connectivity index (χ3n) is 3.07. The monoisotopic (exact) mass is 227 g/mol. The van der Waals surface area contributed by atoms with Crippen LogP contribution in [-0.4, -0.2) is 42.5 Å². The first-order valence-corrected chi connectivity index (χ1v) is 6.44. The van der Waals surface area contributed by atoms with E-state index < -0.39 is 0 Å².